The Kier molecular flexibility index (Phi) is 5.38. The molecule has 1 saturated heterocycles. The molecule has 0 bridgehead atoms. The van der Waals surface area contributed by atoms with Gasteiger partial charge in [-0.25, -0.2) is 0 Å². The summed E-state index contributed by atoms with van der Waals surface area (Å²) >= 11 is 0. The molecule has 0 aliphatic carbocycles. The standard InChI is InChI=1S/C15H23N3O2/c16-13-3-5-14(6-4-13)17-15(20)7-9-18-8-1-2-12(10-18)11-19/h3-6,12,19H,1-2,7-11,16H2,(H,17,20). The molecule has 5 nitrogen and oxygen atoms in total. The lowest BCUT2D eigenvalue weighted by atomic mass is 9.99. The van der Waals surface area contributed by atoms with Gasteiger partial charge in [0.2, 0.25) is 5.91 Å². The van der Waals surface area contributed by atoms with Crippen molar-refractivity contribution in [1.82, 2.24) is 4.90 Å². The summed E-state index contributed by atoms with van der Waals surface area (Å²) in [6, 6.07) is 7.14. The van der Waals surface area contributed by atoms with Crippen LogP contribution in [-0.2, 0) is 4.79 Å². The molecule has 0 aromatic heterocycles. The fraction of sp³-hybridized carbons (Fsp3) is 0.533. The first-order valence-electron chi connectivity index (χ1n) is 7.16. The third-order valence-corrected chi connectivity index (χ3v) is 3.71. The minimum Gasteiger partial charge on any atom is -0.399 e. The van der Waals surface area contributed by atoms with Crippen molar-refractivity contribution in [2.24, 2.45) is 5.92 Å². The molecule has 1 unspecified atom stereocenters. The first kappa shape index (κ1) is 14.8. The number of likely N-dealkylation sites (tertiary alicyclic amines) is 1. The number of amides is 1. The maximum Gasteiger partial charge on any atom is 0.225 e. The number of anilines is 2. The molecule has 1 aromatic rings. The molecule has 2 rings (SSSR count). The summed E-state index contributed by atoms with van der Waals surface area (Å²) in [5, 5.41) is 12.1. The van der Waals surface area contributed by atoms with E-state index in [4.69, 9.17) is 5.73 Å². The van der Waals surface area contributed by atoms with Crippen LogP contribution in [0.2, 0.25) is 0 Å². The Morgan fingerprint density at radius 2 is 2.15 bits per heavy atom. The van der Waals surface area contributed by atoms with Crippen LogP contribution >= 0.6 is 0 Å². The highest BCUT2D eigenvalue weighted by atomic mass is 16.3. The third-order valence-electron chi connectivity index (χ3n) is 3.71. The van der Waals surface area contributed by atoms with Crippen molar-refractivity contribution in [2.45, 2.75) is 19.3 Å². The number of nitrogen functional groups attached to an aromatic ring is 1. The Morgan fingerprint density at radius 1 is 1.40 bits per heavy atom. The topological polar surface area (TPSA) is 78.6 Å². The monoisotopic (exact) mass is 277 g/mol. The van der Waals surface area contributed by atoms with Crippen LogP contribution in [-0.4, -0.2) is 42.2 Å². The van der Waals surface area contributed by atoms with E-state index < -0.39 is 0 Å². The van der Waals surface area contributed by atoms with Gasteiger partial charge in [0, 0.05) is 37.5 Å². The van der Waals surface area contributed by atoms with Gasteiger partial charge in [0.15, 0.2) is 0 Å². The van der Waals surface area contributed by atoms with Gasteiger partial charge in [0.05, 0.1) is 0 Å². The molecule has 1 aliphatic heterocycles. The number of piperidine rings is 1. The number of nitrogens with two attached hydrogens (primary N) is 1. The van der Waals surface area contributed by atoms with E-state index in [-0.39, 0.29) is 12.5 Å². The van der Waals surface area contributed by atoms with Crippen LogP contribution in [0.4, 0.5) is 11.4 Å². The average molecular weight is 277 g/mol. The quantitative estimate of drug-likeness (QED) is 0.709. The maximum atomic E-state index is 11.9. The summed E-state index contributed by atoms with van der Waals surface area (Å²) in [7, 11) is 0. The summed E-state index contributed by atoms with van der Waals surface area (Å²) in [6.07, 6.45) is 2.66. The second kappa shape index (κ2) is 7.26. The van der Waals surface area contributed by atoms with Gasteiger partial charge < -0.3 is 21.1 Å². The first-order valence-corrected chi connectivity index (χ1v) is 7.16. The summed E-state index contributed by atoms with van der Waals surface area (Å²) in [5.41, 5.74) is 7.06. The summed E-state index contributed by atoms with van der Waals surface area (Å²) in [4.78, 5) is 14.1. The second-order valence-corrected chi connectivity index (χ2v) is 5.41. The number of carbonyl (C=O) groups excluding carboxylic acids is 1. The van der Waals surface area contributed by atoms with Crippen LogP contribution in [0.25, 0.3) is 0 Å². The number of carbonyl (C=O) groups is 1. The van der Waals surface area contributed by atoms with Crippen LogP contribution < -0.4 is 11.1 Å². The van der Waals surface area contributed by atoms with Crippen LogP contribution in [0.1, 0.15) is 19.3 Å². The number of hydrogen-bond acceptors (Lipinski definition) is 4. The van der Waals surface area contributed by atoms with Gasteiger partial charge in [-0.2, -0.15) is 0 Å². The zero-order valence-corrected chi connectivity index (χ0v) is 11.7. The smallest absolute Gasteiger partial charge is 0.225 e. The highest BCUT2D eigenvalue weighted by molar-refractivity contribution is 5.90. The third kappa shape index (κ3) is 4.51. The molecule has 1 fully saturated rings. The van der Waals surface area contributed by atoms with Crippen molar-refractivity contribution in [2.75, 3.05) is 37.3 Å². The Balaban J connectivity index is 1.73. The van der Waals surface area contributed by atoms with Crippen molar-refractivity contribution < 1.29 is 9.90 Å². The molecule has 1 amide bonds. The Labute approximate surface area is 119 Å². The van der Waals surface area contributed by atoms with Crippen molar-refractivity contribution in [3.63, 3.8) is 0 Å². The summed E-state index contributed by atoms with van der Waals surface area (Å²) in [6.45, 7) is 2.91. The van der Waals surface area contributed by atoms with Gasteiger partial charge in [-0.15, -0.1) is 0 Å². The normalized spacial score (nSPS) is 19.8. The van der Waals surface area contributed by atoms with Crippen LogP contribution in [0, 0.1) is 5.92 Å². The summed E-state index contributed by atoms with van der Waals surface area (Å²) < 4.78 is 0. The van der Waals surface area contributed by atoms with Gasteiger partial charge in [0.25, 0.3) is 0 Å². The van der Waals surface area contributed by atoms with Crippen LogP contribution in [0.5, 0.6) is 0 Å². The Bertz CT molecular complexity index is 433. The molecule has 0 radical (unpaired) electrons. The van der Waals surface area contributed by atoms with Gasteiger partial charge in [-0.1, -0.05) is 0 Å². The first-order chi connectivity index (χ1) is 9.67. The van der Waals surface area contributed by atoms with Crippen molar-refractivity contribution in [1.29, 1.82) is 0 Å². The largest absolute Gasteiger partial charge is 0.399 e. The fourth-order valence-electron chi connectivity index (χ4n) is 2.55. The van der Waals surface area contributed by atoms with E-state index in [1.54, 1.807) is 24.3 Å². The van der Waals surface area contributed by atoms with Gasteiger partial charge in [-0.3, -0.25) is 4.79 Å². The lowest BCUT2D eigenvalue weighted by Gasteiger charge is -2.31. The fourth-order valence-corrected chi connectivity index (χ4v) is 2.55. The molecular formula is C15H23N3O2. The zero-order chi connectivity index (χ0) is 14.4. The minimum absolute atomic E-state index is 0.0147. The highest BCUT2D eigenvalue weighted by Crippen LogP contribution is 2.16. The van der Waals surface area contributed by atoms with Crippen molar-refractivity contribution >= 4 is 17.3 Å². The number of aliphatic hydroxyl groups is 1. The molecule has 1 aromatic carbocycles. The number of nitrogens with one attached hydrogen (secondary N) is 1. The number of benzene rings is 1. The lowest BCUT2D eigenvalue weighted by molar-refractivity contribution is -0.116. The van der Waals surface area contributed by atoms with E-state index in [2.05, 4.69) is 10.2 Å². The molecular weight excluding hydrogens is 254 g/mol. The van der Waals surface area contributed by atoms with Crippen LogP contribution in [0.15, 0.2) is 24.3 Å². The predicted molar refractivity (Wildman–Crippen MR) is 80.4 cm³/mol. The number of rotatable bonds is 5. The molecule has 110 valence electrons. The summed E-state index contributed by atoms with van der Waals surface area (Å²) in [5.74, 6) is 0.379. The van der Waals surface area contributed by atoms with E-state index >= 15 is 0 Å². The van der Waals surface area contributed by atoms with Crippen molar-refractivity contribution in [3.05, 3.63) is 24.3 Å². The van der Waals surface area contributed by atoms with Gasteiger partial charge in [-0.05, 0) is 49.6 Å². The Hall–Kier alpha value is -1.59. The Morgan fingerprint density at radius 3 is 2.85 bits per heavy atom. The van der Waals surface area contributed by atoms with Gasteiger partial charge in [0.1, 0.15) is 0 Å². The maximum absolute atomic E-state index is 11.9. The molecule has 1 atom stereocenters. The highest BCUT2D eigenvalue weighted by Gasteiger charge is 2.19. The van der Waals surface area contributed by atoms with Crippen molar-refractivity contribution in [3.8, 4) is 0 Å². The average Bonchev–Trinajstić information content (AvgIpc) is 2.48. The molecule has 1 aliphatic rings. The number of aliphatic hydroxyl groups excluding tert-OH is 1. The van der Waals surface area contributed by atoms with E-state index in [0.29, 0.717) is 18.0 Å². The SMILES string of the molecule is Nc1ccc(NC(=O)CCN2CCCC(CO)C2)cc1. The molecule has 5 heteroatoms. The van der Waals surface area contributed by atoms with E-state index in [0.717, 1.165) is 38.2 Å². The second-order valence-electron chi connectivity index (χ2n) is 5.41. The van der Waals surface area contributed by atoms with E-state index in [9.17, 15) is 9.90 Å². The van der Waals surface area contributed by atoms with Crippen LogP contribution in [0.3, 0.4) is 0 Å². The van der Waals surface area contributed by atoms with Gasteiger partial charge >= 0.3 is 0 Å². The number of nitrogens with zero attached hydrogens (tertiary/aromatic N) is 1. The number of hydrogen-bond donors (Lipinski definition) is 3. The molecule has 20 heavy (non-hydrogen) atoms. The zero-order valence-electron chi connectivity index (χ0n) is 11.7. The molecule has 0 saturated carbocycles. The minimum atomic E-state index is 0.0147. The molecule has 0 spiro atoms. The van der Waals surface area contributed by atoms with E-state index in [1.165, 1.54) is 0 Å². The lowest BCUT2D eigenvalue weighted by Crippen LogP contribution is -2.38. The van der Waals surface area contributed by atoms with E-state index in [1.807, 2.05) is 0 Å². The molecule has 1 heterocycles. The predicted octanol–water partition coefficient (Wildman–Crippen LogP) is 1.30. The molecule has 4 N–H and O–H groups in total.